The number of anilines is 2. The molecule has 14 heteroatoms. The Labute approximate surface area is 212 Å². The van der Waals surface area contributed by atoms with Crippen molar-refractivity contribution in [3.63, 3.8) is 0 Å². The molecule has 0 fully saturated rings. The van der Waals surface area contributed by atoms with Crippen LogP contribution in [-0.2, 0) is 27.7 Å². The van der Waals surface area contributed by atoms with Crippen molar-refractivity contribution in [2.75, 3.05) is 22.8 Å². The quantitative estimate of drug-likeness (QED) is 0.495. The number of aromatic nitrogens is 2. The molecule has 0 aliphatic carbocycles. The standard InChI is InChI=1S/C22H28ClF3N4O5S/c1-4-29-13-18(19(23)28-29)36(33,34)30-12-14(6-5-9-31)10-15-7-8-16(11-17(15)30)27-20(32)35-21(2,3)22(24,25)26/h7-8,11,13-14,31H,4-6,9-10,12H2,1-3H3,(H,27,32)/t14-/m1/s1. The Hall–Kier alpha value is -2.51. The van der Waals surface area contributed by atoms with Crippen LogP contribution >= 0.6 is 11.6 Å². The van der Waals surface area contributed by atoms with Crippen LogP contribution in [0.1, 0.15) is 39.2 Å². The van der Waals surface area contributed by atoms with Gasteiger partial charge in [-0.25, -0.2) is 13.2 Å². The zero-order valence-corrected chi connectivity index (χ0v) is 21.5. The van der Waals surface area contributed by atoms with Crippen molar-refractivity contribution in [1.82, 2.24) is 9.78 Å². The number of carbonyl (C=O) groups is 1. The van der Waals surface area contributed by atoms with Crippen molar-refractivity contribution in [2.24, 2.45) is 5.92 Å². The third-order valence-corrected chi connectivity index (χ3v) is 8.08. The van der Waals surface area contributed by atoms with Gasteiger partial charge in [0.2, 0.25) is 5.60 Å². The lowest BCUT2D eigenvalue weighted by molar-refractivity contribution is -0.242. The average Bonchev–Trinajstić information content (AvgIpc) is 3.17. The van der Waals surface area contributed by atoms with Crippen LogP contribution in [0.15, 0.2) is 29.3 Å². The van der Waals surface area contributed by atoms with Crippen LogP contribution in [0.4, 0.5) is 29.3 Å². The van der Waals surface area contributed by atoms with Gasteiger partial charge in [-0.2, -0.15) is 18.3 Å². The van der Waals surface area contributed by atoms with E-state index < -0.39 is 27.9 Å². The number of fused-ring (bicyclic) bond motifs is 1. The first kappa shape index (κ1) is 28.1. The van der Waals surface area contributed by atoms with Crippen molar-refractivity contribution in [3.05, 3.63) is 35.1 Å². The Bertz CT molecular complexity index is 1220. The van der Waals surface area contributed by atoms with Crippen LogP contribution in [0, 0.1) is 5.92 Å². The highest BCUT2D eigenvalue weighted by Gasteiger charge is 2.51. The lowest BCUT2D eigenvalue weighted by Crippen LogP contribution is -2.44. The number of halogens is 4. The number of benzene rings is 1. The molecule has 1 amide bonds. The first-order chi connectivity index (χ1) is 16.7. The molecule has 2 N–H and O–H groups in total. The van der Waals surface area contributed by atoms with Gasteiger partial charge in [-0.3, -0.25) is 14.3 Å². The number of hydrogen-bond acceptors (Lipinski definition) is 6. The highest BCUT2D eigenvalue weighted by atomic mass is 35.5. The predicted molar refractivity (Wildman–Crippen MR) is 128 cm³/mol. The summed E-state index contributed by atoms with van der Waals surface area (Å²) in [5.41, 5.74) is -1.76. The lowest BCUT2D eigenvalue weighted by atomic mass is 9.90. The maximum absolute atomic E-state index is 13.7. The number of ether oxygens (including phenoxy) is 1. The van der Waals surface area contributed by atoms with Gasteiger partial charge in [-0.1, -0.05) is 17.7 Å². The van der Waals surface area contributed by atoms with Gasteiger partial charge in [0.05, 0.1) is 5.69 Å². The fraction of sp³-hybridized carbons (Fsp3) is 0.545. The molecule has 1 aromatic heterocycles. The summed E-state index contributed by atoms with van der Waals surface area (Å²) < 4.78 is 73.6. The molecule has 36 heavy (non-hydrogen) atoms. The van der Waals surface area contributed by atoms with E-state index in [0.717, 1.165) is 18.2 Å². The number of aliphatic hydroxyl groups is 1. The molecule has 1 aromatic carbocycles. The Morgan fingerprint density at radius 2 is 2.03 bits per heavy atom. The Balaban J connectivity index is 1.97. The minimum absolute atomic E-state index is 0.0373. The number of nitrogens with one attached hydrogen (secondary N) is 1. The summed E-state index contributed by atoms with van der Waals surface area (Å²) in [6.07, 6.45) is -3.22. The van der Waals surface area contributed by atoms with Crippen molar-refractivity contribution in [2.45, 2.75) is 63.3 Å². The van der Waals surface area contributed by atoms with Crippen LogP contribution in [0.3, 0.4) is 0 Å². The van der Waals surface area contributed by atoms with Crippen molar-refractivity contribution in [3.8, 4) is 0 Å². The predicted octanol–water partition coefficient (Wildman–Crippen LogP) is 4.59. The van der Waals surface area contributed by atoms with E-state index in [1.807, 2.05) is 0 Å². The molecular formula is C22H28ClF3N4O5S. The number of sulfonamides is 1. The summed E-state index contributed by atoms with van der Waals surface area (Å²) in [4.78, 5) is 12.0. The van der Waals surface area contributed by atoms with Gasteiger partial charge in [-0.05, 0) is 63.6 Å². The smallest absolute Gasteiger partial charge is 0.427 e. The SMILES string of the molecule is CCn1cc(S(=O)(=O)N2C[C@H](CCCO)Cc3ccc(NC(=O)OC(C)(C)C(F)(F)F)cc32)c(Cl)n1. The van der Waals surface area contributed by atoms with Gasteiger partial charge in [0.1, 0.15) is 4.90 Å². The first-order valence-corrected chi connectivity index (χ1v) is 13.1. The fourth-order valence-corrected chi connectivity index (χ4v) is 5.84. The van der Waals surface area contributed by atoms with E-state index in [1.54, 1.807) is 13.0 Å². The number of rotatable bonds is 8. The summed E-state index contributed by atoms with van der Waals surface area (Å²) in [5, 5.41) is 15.3. The summed E-state index contributed by atoms with van der Waals surface area (Å²) in [5.74, 6) is -0.101. The van der Waals surface area contributed by atoms with Crippen LogP contribution < -0.4 is 9.62 Å². The van der Waals surface area contributed by atoms with Gasteiger partial charge in [-0.15, -0.1) is 0 Å². The van der Waals surface area contributed by atoms with E-state index in [9.17, 15) is 31.5 Å². The van der Waals surface area contributed by atoms with E-state index in [4.69, 9.17) is 11.6 Å². The van der Waals surface area contributed by atoms with Crippen LogP contribution in [0.25, 0.3) is 0 Å². The monoisotopic (exact) mass is 552 g/mol. The van der Waals surface area contributed by atoms with Crippen molar-refractivity contribution in [1.29, 1.82) is 0 Å². The zero-order valence-electron chi connectivity index (χ0n) is 20.0. The molecule has 1 aliphatic heterocycles. The van der Waals surface area contributed by atoms with Gasteiger partial charge in [0.25, 0.3) is 10.0 Å². The van der Waals surface area contributed by atoms with Crippen molar-refractivity contribution >= 4 is 39.1 Å². The second-order valence-corrected chi connectivity index (χ2v) is 11.2. The molecule has 9 nitrogen and oxygen atoms in total. The fourth-order valence-electron chi connectivity index (χ4n) is 3.82. The molecule has 2 heterocycles. The van der Waals surface area contributed by atoms with E-state index >= 15 is 0 Å². The molecule has 0 spiro atoms. The van der Waals surface area contributed by atoms with Gasteiger partial charge >= 0.3 is 12.3 Å². The van der Waals surface area contributed by atoms with E-state index in [-0.39, 0.29) is 40.5 Å². The topological polar surface area (TPSA) is 114 Å². The molecule has 0 saturated heterocycles. The highest BCUT2D eigenvalue weighted by molar-refractivity contribution is 7.93. The number of hydrogen-bond donors (Lipinski definition) is 2. The first-order valence-electron chi connectivity index (χ1n) is 11.3. The summed E-state index contributed by atoms with van der Waals surface area (Å²) >= 11 is 6.14. The lowest BCUT2D eigenvalue weighted by Gasteiger charge is -2.35. The maximum Gasteiger partial charge on any atom is 0.427 e. The van der Waals surface area contributed by atoms with E-state index in [2.05, 4.69) is 15.2 Å². The number of amides is 1. The molecule has 200 valence electrons. The summed E-state index contributed by atoms with van der Waals surface area (Å²) in [6, 6.07) is 4.43. The number of aliphatic hydroxyl groups excluding tert-OH is 1. The Morgan fingerprint density at radius 1 is 1.33 bits per heavy atom. The van der Waals surface area contributed by atoms with Crippen LogP contribution in [0.2, 0.25) is 5.15 Å². The molecule has 0 radical (unpaired) electrons. The van der Waals surface area contributed by atoms with E-state index in [0.29, 0.717) is 31.4 Å². The van der Waals surface area contributed by atoms with Gasteiger partial charge in [0, 0.05) is 31.6 Å². The van der Waals surface area contributed by atoms with Crippen molar-refractivity contribution < 1.29 is 36.2 Å². The minimum atomic E-state index is -4.78. The van der Waals surface area contributed by atoms with Crippen LogP contribution in [0.5, 0.6) is 0 Å². The molecule has 1 atom stereocenters. The number of aryl methyl sites for hydroxylation is 1. The molecule has 1 aliphatic rings. The normalized spacial score (nSPS) is 16.6. The number of carbonyl (C=O) groups excluding carboxylic acids is 1. The Kier molecular flexibility index (Phi) is 8.16. The number of alkyl halides is 3. The summed E-state index contributed by atoms with van der Waals surface area (Å²) in [6.45, 7) is 3.66. The van der Waals surface area contributed by atoms with Gasteiger partial charge < -0.3 is 9.84 Å². The molecular weight excluding hydrogens is 525 g/mol. The van der Waals surface area contributed by atoms with Crippen LogP contribution in [-0.4, -0.2) is 54.3 Å². The molecule has 3 rings (SSSR count). The molecule has 0 unspecified atom stereocenters. The summed E-state index contributed by atoms with van der Waals surface area (Å²) in [7, 11) is -4.18. The average molecular weight is 553 g/mol. The van der Waals surface area contributed by atoms with Gasteiger partial charge in [0.15, 0.2) is 5.15 Å². The third-order valence-electron chi connectivity index (χ3n) is 5.91. The second kappa shape index (κ2) is 10.5. The third kappa shape index (κ3) is 5.89. The molecule has 0 bridgehead atoms. The van der Waals surface area contributed by atoms with E-state index in [1.165, 1.54) is 23.0 Å². The largest absolute Gasteiger partial charge is 0.434 e. The maximum atomic E-state index is 13.7. The number of nitrogens with zero attached hydrogens (tertiary/aromatic N) is 3. The molecule has 0 saturated carbocycles. The minimum Gasteiger partial charge on any atom is -0.434 e. The highest BCUT2D eigenvalue weighted by Crippen LogP contribution is 2.39. The molecule has 2 aromatic rings. The zero-order chi connectivity index (χ0) is 26.9. The second-order valence-electron chi connectivity index (χ2n) is 8.98. The Morgan fingerprint density at radius 3 is 2.61 bits per heavy atom.